The molecule has 1 N–H and O–H groups in total. The second-order valence-corrected chi connectivity index (χ2v) is 7.87. The lowest BCUT2D eigenvalue weighted by Crippen LogP contribution is -2.34. The number of benzene rings is 1. The number of likely N-dealkylation sites (N-methyl/N-ethyl adjacent to an activating group) is 1. The lowest BCUT2D eigenvalue weighted by molar-refractivity contribution is -0.116. The molecule has 2 amide bonds. The van der Waals surface area contributed by atoms with Gasteiger partial charge in [0.15, 0.2) is 0 Å². The molecule has 9 heteroatoms. The summed E-state index contributed by atoms with van der Waals surface area (Å²) in [6.45, 7) is -0.109. The Labute approximate surface area is 162 Å². The van der Waals surface area contributed by atoms with E-state index in [1.807, 2.05) is 0 Å². The van der Waals surface area contributed by atoms with Crippen molar-refractivity contribution in [3.63, 3.8) is 0 Å². The minimum atomic E-state index is -0.367. The van der Waals surface area contributed by atoms with Crippen LogP contribution in [0.2, 0.25) is 5.02 Å². The first-order chi connectivity index (χ1) is 11.8. The zero-order chi connectivity index (χ0) is 18.6. The molecule has 2 rings (SSSR count). The molecule has 0 saturated heterocycles. The lowest BCUT2D eigenvalue weighted by Gasteiger charge is -2.17. The van der Waals surface area contributed by atoms with E-state index in [2.05, 4.69) is 21.2 Å². The second kappa shape index (κ2) is 8.55. The lowest BCUT2D eigenvalue weighted by atomic mass is 10.2. The Balaban J connectivity index is 2.08. The second-order valence-electron chi connectivity index (χ2n) is 5.00. The van der Waals surface area contributed by atoms with Gasteiger partial charge < -0.3 is 19.7 Å². The van der Waals surface area contributed by atoms with Gasteiger partial charge in [0, 0.05) is 19.2 Å². The monoisotopic (exact) mass is 446 g/mol. The van der Waals surface area contributed by atoms with Crippen molar-refractivity contribution >= 4 is 56.4 Å². The van der Waals surface area contributed by atoms with Crippen LogP contribution in [0.4, 0.5) is 5.69 Å². The smallest absolute Gasteiger partial charge is 0.264 e. The molecule has 6 nitrogen and oxygen atoms in total. The van der Waals surface area contributed by atoms with Crippen molar-refractivity contribution in [2.24, 2.45) is 0 Å². The van der Waals surface area contributed by atoms with Crippen molar-refractivity contribution in [2.75, 3.05) is 33.1 Å². The fourth-order valence-electron chi connectivity index (χ4n) is 2.05. The van der Waals surface area contributed by atoms with E-state index in [1.165, 1.54) is 30.5 Å². The topological polar surface area (TPSA) is 67.9 Å². The first-order valence-corrected chi connectivity index (χ1v) is 9.06. The van der Waals surface area contributed by atoms with Gasteiger partial charge in [-0.1, -0.05) is 11.6 Å². The SMILES string of the molecule is COc1cc(NC(=O)CN(C)C(=O)c2ccc(Br)s2)c(OC)cc1Cl. The summed E-state index contributed by atoms with van der Waals surface area (Å²) in [5, 5.41) is 3.07. The number of hydrogen-bond donors (Lipinski definition) is 1. The zero-order valence-corrected chi connectivity index (χ0v) is 16.9. The molecular formula is C16H16BrClN2O4S. The highest BCUT2D eigenvalue weighted by molar-refractivity contribution is 9.11. The third-order valence-corrected chi connectivity index (χ3v) is 5.17. The number of amides is 2. The molecule has 0 atom stereocenters. The van der Waals surface area contributed by atoms with E-state index >= 15 is 0 Å². The summed E-state index contributed by atoms with van der Waals surface area (Å²) in [6.07, 6.45) is 0. The molecule has 0 bridgehead atoms. The normalized spacial score (nSPS) is 10.3. The number of nitrogens with one attached hydrogen (secondary N) is 1. The van der Waals surface area contributed by atoms with Gasteiger partial charge in [0.05, 0.1) is 40.1 Å². The summed E-state index contributed by atoms with van der Waals surface area (Å²) < 4.78 is 11.2. The summed E-state index contributed by atoms with van der Waals surface area (Å²) in [6, 6.07) is 6.61. The molecule has 1 heterocycles. The Morgan fingerprint density at radius 3 is 2.48 bits per heavy atom. The molecule has 0 radical (unpaired) electrons. The molecular weight excluding hydrogens is 432 g/mol. The quantitative estimate of drug-likeness (QED) is 0.729. The molecule has 25 heavy (non-hydrogen) atoms. The van der Waals surface area contributed by atoms with Crippen LogP contribution in [-0.2, 0) is 4.79 Å². The maximum atomic E-state index is 12.3. The summed E-state index contributed by atoms with van der Waals surface area (Å²) >= 11 is 10.7. The summed E-state index contributed by atoms with van der Waals surface area (Å²) in [5.41, 5.74) is 0.411. The zero-order valence-electron chi connectivity index (χ0n) is 13.8. The molecule has 0 aliphatic heterocycles. The van der Waals surface area contributed by atoms with Crippen LogP contribution in [0.15, 0.2) is 28.1 Å². The van der Waals surface area contributed by atoms with E-state index in [9.17, 15) is 9.59 Å². The van der Waals surface area contributed by atoms with E-state index in [0.717, 1.165) is 3.79 Å². The summed E-state index contributed by atoms with van der Waals surface area (Å²) in [7, 11) is 4.51. The van der Waals surface area contributed by atoms with Crippen molar-refractivity contribution < 1.29 is 19.1 Å². The van der Waals surface area contributed by atoms with E-state index in [1.54, 1.807) is 31.3 Å². The number of halogens is 2. The maximum absolute atomic E-state index is 12.3. The fraction of sp³-hybridized carbons (Fsp3) is 0.250. The first-order valence-electron chi connectivity index (χ1n) is 7.08. The Kier molecular flexibility index (Phi) is 6.69. The molecule has 134 valence electrons. The highest BCUT2D eigenvalue weighted by Crippen LogP contribution is 2.35. The third-order valence-electron chi connectivity index (χ3n) is 3.26. The fourth-order valence-corrected chi connectivity index (χ4v) is 3.66. The van der Waals surface area contributed by atoms with Gasteiger partial charge in [-0.25, -0.2) is 0 Å². The summed E-state index contributed by atoms with van der Waals surface area (Å²) in [5.74, 6) is 0.210. The molecule has 1 aromatic heterocycles. The van der Waals surface area contributed by atoms with Gasteiger partial charge >= 0.3 is 0 Å². The van der Waals surface area contributed by atoms with Gasteiger partial charge in [-0.2, -0.15) is 0 Å². The van der Waals surface area contributed by atoms with Crippen LogP contribution in [0.3, 0.4) is 0 Å². The minimum absolute atomic E-state index is 0.109. The summed E-state index contributed by atoms with van der Waals surface area (Å²) in [4.78, 5) is 26.5. The van der Waals surface area contributed by atoms with Gasteiger partial charge in [0.25, 0.3) is 5.91 Å². The van der Waals surface area contributed by atoms with E-state index in [-0.39, 0.29) is 18.4 Å². The number of carbonyl (C=O) groups is 2. The Morgan fingerprint density at radius 2 is 1.92 bits per heavy atom. The number of nitrogens with zero attached hydrogens (tertiary/aromatic N) is 1. The number of anilines is 1. The van der Waals surface area contributed by atoms with Crippen LogP contribution in [0.1, 0.15) is 9.67 Å². The molecule has 1 aromatic carbocycles. The number of methoxy groups -OCH3 is 2. The van der Waals surface area contributed by atoms with Crippen molar-refractivity contribution in [2.45, 2.75) is 0 Å². The third kappa shape index (κ3) is 4.87. The van der Waals surface area contributed by atoms with Crippen molar-refractivity contribution in [3.05, 3.63) is 38.0 Å². The molecule has 0 spiro atoms. The Morgan fingerprint density at radius 1 is 1.24 bits per heavy atom. The van der Waals surface area contributed by atoms with E-state index in [0.29, 0.717) is 27.1 Å². The molecule has 0 saturated carbocycles. The van der Waals surface area contributed by atoms with Gasteiger partial charge in [-0.05, 0) is 28.1 Å². The number of rotatable bonds is 6. The first kappa shape index (κ1) is 19.6. The van der Waals surface area contributed by atoms with Gasteiger partial charge in [0.1, 0.15) is 11.5 Å². The average molecular weight is 448 g/mol. The van der Waals surface area contributed by atoms with Crippen LogP contribution in [0, 0.1) is 0 Å². The van der Waals surface area contributed by atoms with Crippen LogP contribution < -0.4 is 14.8 Å². The predicted octanol–water partition coefficient (Wildman–Crippen LogP) is 3.89. The Hall–Kier alpha value is -1.77. The van der Waals surface area contributed by atoms with Gasteiger partial charge in [-0.15, -0.1) is 11.3 Å². The molecule has 0 fully saturated rings. The number of carbonyl (C=O) groups excluding carboxylic acids is 2. The number of ether oxygens (including phenoxy) is 2. The molecule has 0 aliphatic rings. The van der Waals surface area contributed by atoms with Crippen LogP contribution in [0.25, 0.3) is 0 Å². The Bertz CT molecular complexity index is 796. The molecule has 0 unspecified atom stereocenters. The molecule has 0 aliphatic carbocycles. The van der Waals surface area contributed by atoms with E-state index < -0.39 is 0 Å². The van der Waals surface area contributed by atoms with Gasteiger partial charge in [-0.3, -0.25) is 9.59 Å². The maximum Gasteiger partial charge on any atom is 0.264 e. The van der Waals surface area contributed by atoms with Crippen molar-refractivity contribution in [1.29, 1.82) is 0 Å². The largest absolute Gasteiger partial charge is 0.495 e. The van der Waals surface area contributed by atoms with Crippen molar-refractivity contribution in [3.8, 4) is 11.5 Å². The minimum Gasteiger partial charge on any atom is -0.495 e. The van der Waals surface area contributed by atoms with E-state index in [4.69, 9.17) is 21.1 Å². The average Bonchev–Trinajstić information content (AvgIpc) is 3.01. The van der Waals surface area contributed by atoms with Crippen LogP contribution in [-0.4, -0.2) is 44.5 Å². The van der Waals surface area contributed by atoms with Crippen LogP contribution in [0.5, 0.6) is 11.5 Å². The predicted molar refractivity (Wildman–Crippen MR) is 102 cm³/mol. The van der Waals surface area contributed by atoms with Crippen LogP contribution >= 0.6 is 38.9 Å². The highest BCUT2D eigenvalue weighted by atomic mass is 79.9. The van der Waals surface area contributed by atoms with Gasteiger partial charge in [0.2, 0.25) is 5.91 Å². The van der Waals surface area contributed by atoms with Crippen molar-refractivity contribution in [1.82, 2.24) is 4.90 Å². The number of hydrogen-bond acceptors (Lipinski definition) is 5. The highest BCUT2D eigenvalue weighted by Gasteiger charge is 2.18. The number of thiophene rings is 1. The molecule has 2 aromatic rings. The standard InChI is InChI=1S/C16H16BrClN2O4S/c1-20(16(22)13-4-5-14(17)25-13)8-15(21)19-10-7-11(23-2)9(18)6-12(10)24-3/h4-7H,8H2,1-3H3,(H,19,21).